The minimum absolute atomic E-state index is 0.0281. The summed E-state index contributed by atoms with van der Waals surface area (Å²) in [6.45, 7) is 6.66. The second-order valence-corrected chi connectivity index (χ2v) is 11.0. The number of hydrogen-bond acceptors (Lipinski definition) is 3. The highest BCUT2D eigenvalue weighted by molar-refractivity contribution is 7.88. The summed E-state index contributed by atoms with van der Waals surface area (Å²) < 4.78 is 27.2. The molecular weight excluding hydrogens is 455 g/mol. The van der Waals surface area contributed by atoms with Crippen molar-refractivity contribution in [2.24, 2.45) is 5.92 Å². The molecule has 1 aliphatic rings. The number of carbonyl (C=O) groups excluding carboxylic acids is 1. The molecule has 0 unspecified atom stereocenters. The minimum atomic E-state index is -3.57. The van der Waals surface area contributed by atoms with Gasteiger partial charge < -0.3 is 5.32 Å². The molecule has 0 aliphatic carbocycles. The van der Waals surface area contributed by atoms with Crippen molar-refractivity contribution in [1.82, 2.24) is 9.62 Å². The summed E-state index contributed by atoms with van der Waals surface area (Å²) in [7, 11) is -3.57. The number of sulfonamides is 1. The average Bonchev–Trinajstić information content (AvgIpc) is 2.72. The maximum atomic E-state index is 12.9. The van der Waals surface area contributed by atoms with Gasteiger partial charge in [0.25, 0.3) is 0 Å². The van der Waals surface area contributed by atoms with Crippen LogP contribution in [-0.2, 0) is 20.6 Å². The fraction of sp³-hybridized carbons (Fsp3) is 0.435. The van der Waals surface area contributed by atoms with Crippen LogP contribution in [-0.4, -0.2) is 31.7 Å². The maximum absolute atomic E-state index is 12.9. The first-order chi connectivity index (χ1) is 14.6. The summed E-state index contributed by atoms with van der Waals surface area (Å²) >= 11 is 12.3. The Hall–Kier alpha value is -1.60. The number of nitrogens with one attached hydrogen (secondary N) is 1. The Morgan fingerprint density at radius 3 is 2.35 bits per heavy atom. The van der Waals surface area contributed by atoms with Crippen LogP contribution in [0.1, 0.15) is 48.1 Å². The van der Waals surface area contributed by atoms with E-state index in [-0.39, 0.29) is 23.6 Å². The Morgan fingerprint density at radius 1 is 1.13 bits per heavy atom. The van der Waals surface area contributed by atoms with Crippen LogP contribution in [0.25, 0.3) is 0 Å². The second kappa shape index (κ2) is 9.90. The lowest BCUT2D eigenvalue weighted by atomic mass is 9.95. The third-order valence-corrected chi connectivity index (χ3v) is 8.38. The van der Waals surface area contributed by atoms with E-state index >= 15 is 0 Å². The van der Waals surface area contributed by atoms with Crippen molar-refractivity contribution in [2.45, 2.75) is 45.4 Å². The Balaban J connectivity index is 1.59. The Kier molecular flexibility index (Phi) is 7.68. The molecular formula is C23H28Cl2N2O3S. The standard InChI is InChI=1S/C23H28Cl2N2O3S/c1-15-7-8-16(2)19(13-15)17(3)26-23(28)18-9-11-27(12-10-18)31(29,30)14-20-21(24)5-4-6-22(20)25/h4-8,13,17-18H,9-12,14H2,1-3H3,(H,26,28)/t17-/m0/s1. The van der Waals surface area contributed by atoms with E-state index < -0.39 is 10.0 Å². The zero-order valence-corrected chi connectivity index (χ0v) is 20.3. The molecule has 1 fully saturated rings. The fourth-order valence-electron chi connectivity index (χ4n) is 3.98. The lowest BCUT2D eigenvalue weighted by Gasteiger charge is -2.31. The SMILES string of the molecule is Cc1ccc(C)c([C@H](C)NC(=O)C2CCN(S(=O)(=O)Cc3c(Cl)cccc3Cl)CC2)c1. The van der Waals surface area contributed by atoms with Crippen molar-refractivity contribution in [2.75, 3.05) is 13.1 Å². The highest BCUT2D eigenvalue weighted by Gasteiger charge is 2.32. The molecule has 3 rings (SSSR count). The molecule has 0 saturated carbocycles. The van der Waals surface area contributed by atoms with Gasteiger partial charge in [-0.1, -0.05) is 53.0 Å². The van der Waals surface area contributed by atoms with Gasteiger partial charge in [-0.25, -0.2) is 12.7 Å². The van der Waals surface area contributed by atoms with Crippen molar-refractivity contribution < 1.29 is 13.2 Å². The third-order valence-electron chi connectivity index (χ3n) is 5.87. The number of amides is 1. The molecule has 1 amide bonds. The van der Waals surface area contributed by atoms with Crippen LogP contribution in [0, 0.1) is 19.8 Å². The zero-order valence-electron chi connectivity index (χ0n) is 18.0. The molecule has 0 bridgehead atoms. The molecule has 8 heteroatoms. The zero-order chi connectivity index (χ0) is 22.8. The van der Waals surface area contributed by atoms with Crippen LogP contribution < -0.4 is 5.32 Å². The Labute approximate surface area is 194 Å². The number of piperidine rings is 1. The van der Waals surface area contributed by atoms with Crippen molar-refractivity contribution in [3.63, 3.8) is 0 Å². The van der Waals surface area contributed by atoms with Gasteiger partial charge in [0.1, 0.15) is 0 Å². The van der Waals surface area contributed by atoms with Gasteiger partial charge in [-0.15, -0.1) is 0 Å². The summed E-state index contributed by atoms with van der Waals surface area (Å²) in [5, 5.41) is 3.78. The molecule has 168 valence electrons. The summed E-state index contributed by atoms with van der Waals surface area (Å²) in [4.78, 5) is 12.8. The first-order valence-corrected chi connectivity index (χ1v) is 12.7. The van der Waals surface area contributed by atoms with Gasteiger partial charge in [0.2, 0.25) is 15.9 Å². The van der Waals surface area contributed by atoms with Crippen LogP contribution in [0.4, 0.5) is 0 Å². The van der Waals surface area contributed by atoms with Gasteiger partial charge in [-0.3, -0.25) is 4.79 Å². The van der Waals surface area contributed by atoms with E-state index in [1.807, 2.05) is 20.8 Å². The molecule has 1 aliphatic heterocycles. The van der Waals surface area contributed by atoms with Gasteiger partial charge >= 0.3 is 0 Å². The number of halogens is 2. The second-order valence-electron chi connectivity index (χ2n) is 8.22. The van der Waals surface area contributed by atoms with Gasteiger partial charge in [-0.05, 0) is 56.9 Å². The van der Waals surface area contributed by atoms with E-state index in [0.717, 1.165) is 16.7 Å². The highest BCUT2D eigenvalue weighted by atomic mass is 35.5. The van der Waals surface area contributed by atoms with Crippen molar-refractivity contribution in [3.05, 3.63) is 68.7 Å². The molecule has 2 aromatic carbocycles. The monoisotopic (exact) mass is 482 g/mol. The van der Waals surface area contributed by atoms with Gasteiger partial charge in [0.15, 0.2) is 0 Å². The van der Waals surface area contributed by atoms with Crippen molar-refractivity contribution in [3.8, 4) is 0 Å². The topological polar surface area (TPSA) is 66.5 Å². The Bertz CT molecular complexity index is 1040. The van der Waals surface area contributed by atoms with Crippen molar-refractivity contribution >= 4 is 39.1 Å². The predicted molar refractivity (Wildman–Crippen MR) is 126 cm³/mol. The van der Waals surface area contributed by atoms with Crippen LogP contribution in [0.5, 0.6) is 0 Å². The van der Waals surface area contributed by atoms with Crippen LogP contribution >= 0.6 is 23.2 Å². The number of aryl methyl sites for hydroxylation is 2. The van der Waals surface area contributed by atoms with Gasteiger partial charge in [0.05, 0.1) is 11.8 Å². The number of carbonyl (C=O) groups is 1. The quantitative estimate of drug-likeness (QED) is 0.627. The van der Waals surface area contributed by atoms with Crippen LogP contribution in [0.2, 0.25) is 10.0 Å². The Morgan fingerprint density at radius 2 is 1.74 bits per heavy atom. The van der Waals surface area contributed by atoms with Crippen LogP contribution in [0.15, 0.2) is 36.4 Å². The lowest BCUT2D eigenvalue weighted by molar-refractivity contribution is -0.126. The number of rotatable bonds is 6. The molecule has 5 nitrogen and oxygen atoms in total. The lowest BCUT2D eigenvalue weighted by Crippen LogP contribution is -2.43. The van der Waals surface area contributed by atoms with E-state index in [0.29, 0.717) is 41.5 Å². The molecule has 0 aromatic heterocycles. The fourth-order valence-corrected chi connectivity index (χ4v) is 6.29. The summed E-state index contributed by atoms with van der Waals surface area (Å²) in [6.07, 6.45) is 0.974. The van der Waals surface area contributed by atoms with E-state index in [2.05, 4.69) is 23.5 Å². The van der Waals surface area contributed by atoms with E-state index in [9.17, 15) is 13.2 Å². The molecule has 1 heterocycles. The summed E-state index contributed by atoms with van der Waals surface area (Å²) in [5.41, 5.74) is 3.80. The summed E-state index contributed by atoms with van der Waals surface area (Å²) in [6, 6.07) is 11.1. The number of nitrogens with zero attached hydrogens (tertiary/aromatic N) is 1. The predicted octanol–water partition coefficient (Wildman–Crippen LogP) is 5.03. The maximum Gasteiger partial charge on any atom is 0.223 e. The molecule has 1 atom stereocenters. The van der Waals surface area contributed by atoms with E-state index in [1.54, 1.807) is 18.2 Å². The highest BCUT2D eigenvalue weighted by Crippen LogP contribution is 2.29. The first kappa shape index (κ1) is 24.1. The van der Waals surface area contributed by atoms with Crippen molar-refractivity contribution in [1.29, 1.82) is 0 Å². The molecule has 2 aromatic rings. The molecule has 0 spiro atoms. The third kappa shape index (κ3) is 5.80. The van der Waals surface area contributed by atoms with Gasteiger partial charge in [0, 0.05) is 34.6 Å². The summed E-state index contributed by atoms with van der Waals surface area (Å²) in [5.74, 6) is -0.478. The van der Waals surface area contributed by atoms with E-state index in [4.69, 9.17) is 23.2 Å². The number of hydrogen-bond donors (Lipinski definition) is 1. The largest absolute Gasteiger partial charge is 0.349 e. The molecule has 1 N–H and O–H groups in total. The number of benzene rings is 2. The average molecular weight is 483 g/mol. The first-order valence-electron chi connectivity index (χ1n) is 10.4. The smallest absolute Gasteiger partial charge is 0.223 e. The van der Waals surface area contributed by atoms with Crippen LogP contribution in [0.3, 0.4) is 0 Å². The molecule has 1 saturated heterocycles. The van der Waals surface area contributed by atoms with Gasteiger partial charge in [-0.2, -0.15) is 0 Å². The minimum Gasteiger partial charge on any atom is -0.349 e. The molecule has 31 heavy (non-hydrogen) atoms. The molecule has 0 radical (unpaired) electrons. The van der Waals surface area contributed by atoms with E-state index in [1.165, 1.54) is 4.31 Å². The normalized spacial score (nSPS) is 16.8.